The van der Waals surface area contributed by atoms with Crippen molar-refractivity contribution in [3.8, 4) is 5.75 Å². The number of amides is 1. The van der Waals surface area contributed by atoms with Crippen molar-refractivity contribution < 1.29 is 19.4 Å². The van der Waals surface area contributed by atoms with Crippen molar-refractivity contribution in [1.29, 1.82) is 0 Å². The van der Waals surface area contributed by atoms with Crippen LogP contribution in [0.3, 0.4) is 0 Å². The number of aliphatic hydroxyl groups excluding tert-OH is 1. The second-order valence-electron chi connectivity index (χ2n) is 9.38. The number of carbonyl (C=O) groups is 2. The third-order valence-corrected chi connectivity index (χ3v) is 6.78. The Morgan fingerprint density at radius 2 is 1.78 bits per heavy atom. The van der Waals surface area contributed by atoms with E-state index in [4.69, 9.17) is 4.74 Å². The molecule has 2 N–H and O–H groups in total. The average molecular weight is 495 g/mol. The molecule has 6 nitrogen and oxygen atoms in total. The van der Waals surface area contributed by atoms with Gasteiger partial charge in [-0.15, -0.1) is 0 Å². The molecule has 1 aromatic heterocycles. The summed E-state index contributed by atoms with van der Waals surface area (Å²) in [6.07, 6.45) is 5.01. The topological polar surface area (TPSA) is 82.6 Å². The molecule has 37 heavy (non-hydrogen) atoms. The van der Waals surface area contributed by atoms with E-state index in [1.165, 1.54) is 4.90 Å². The van der Waals surface area contributed by atoms with E-state index in [-0.39, 0.29) is 11.3 Å². The molecule has 0 radical (unpaired) electrons. The third-order valence-electron chi connectivity index (χ3n) is 6.78. The Balaban J connectivity index is 1.60. The quantitative estimate of drug-likeness (QED) is 0.124. The number of hydrogen-bond donors (Lipinski definition) is 2. The minimum absolute atomic E-state index is 0.0628. The van der Waals surface area contributed by atoms with Gasteiger partial charge >= 0.3 is 0 Å². The van der Waals surface area contributed by atoms with Crippen LogP contribution < -0.4 is 9.64 Å². The molecule has 1 amide bonds. The Labute approximate surface area is 216 Å². The predicted molar refractivity (Wildman–Crippen MR) is 146 cm³/mol. The molecule has 5 rings (SSSR count). The number of rotatable bonds is 8. The first-order chi connectivity index (χ1) is 18.0. The minimum Gasteiger partial charge on any atom is -0.507 e. The number of hydrogen-bond acceptors (Lipinski definition) is 4. The van der Waals surface area contributed by atoms with Crippen molar-refractivity contribution in [3.05, 3.63) is 101 Å². The molecule has 6 heteroatoms. The van der Waals surface area contributed by atoms with Crippen LogP contribution in [0.5, 0.6) is 5.75 Å². The van der Waals surface area contributed by atoms with E-state index in [1.54, 1.807) is 24.3 Å². The van der Waals surface area contributed by atoms with Gasteiger partial charge in [0.1, 0.15) is 11.5 Å². The van der Waals surface area contributed by atoms with Crippen LogP contribution in [0, 0.1) is 6.92 Å². The lowest BCUT2D eigenvalue weighted by atomic mass is 9.94. The molecule has 4 aromatic rings. The van der Waals surface area contributed by atoms with Crippen molar-refractivity contribution in [2.24, 2.45) is 0 Å². The second kappa shape index (κ2) is 10.3. The fraction of sp³-hybridized carbons (Fsp3) is 0.226. The van der Waals surface area contributed by atoms with Crippen LogP contribution in [0.4, 0.5) is 5.69 Å². The molecule has 188 valence electrons. The highest BCUT2D eigenvalue weighted by Crippen LogP contribution is 2.44. The van der Waals surface area contributed by atoms with Gasteiger partial charge in [0.15, 0.2) is 0 Å². The number of aromatic nitrogens is 1. The van der Waals surface area contributed by atoms with Crippen molar-refractivity contribution in [2.45, 2.75) is 39.2 Å². The Morgan fingerprint density at radius 1 is 1.00 bits per heavy atom. The number of fused-ring (bicyclic) bond motifs is 1. The molecule has 1 saturated heterocycles. The van der Waals surface area contributed by atoms with E-state index in [9.17, 15) is 14.7 Å². The van der Waals surface area contributed by atoms with E-state index < -0.39 is 17.7 Å². The summed E-state index contributed by atoms with van der Waals surface area (Å²) in [6, 6.07) is 21.4. The van der Waals surface area contributed by atoms with Gasteiger partial charge in [-0.2, -0.15) is 0 Å². The number of ether oxygens (including phenoxy) is 1. The number of para-hydroxylation sites is 1. The summed E-state index contributed by atoms with van der Waals surface area (Å²) in [5.74, 6) is -0.894. The van der Waals surface area contributed by atoms with E-state index in [0.717, 1.165) is 41.3 Å². The van der Waals surface area contributed by atoms with Gasteiger partial charge in [-0.3, -0.25) is 14.5 Å². The van der Waals surface area contributed by atoms with Gasteiger partial charge in [0.25, 0.3) is 11.7 Å². The Morgan fingerprint density at radius 3 is 2.54 bits per heavy atom. The number of unbranched alkanes of at least 4 members (excludes halogenated alkanes) is 2. The third kappa shape index (κ3) is 4.62. The summed E-state index contributed by atoms with van der Waals surface area (Å²) in [5, 5.41) is 12.3. The maximum absolute atomic E-state index is 13.5. The summed E-state index contributed by atoms with van der Waals surface area (Å²) in [4.78, 5) is 31.6. The molecular weight excluding hydrogens is 464 g/mol. The number of ketones is 1. The Bertz CT molecular complexity index is 1480. The lowest BCUT2D eigenvalue weighted by Crippen LogP contribution is -2.29. The van der Waals surface area contributed by atoms with E-state index in [2.05, 4.69) is 11.9 Å². The van der Waals surface area contributed by atoms with Crippen molar-refractivity contribution >= 4 is 34.0 Å². The first kappa shape index (κ1) is 24.4. The van der Waals surface area contributed by atoms with Crippen molar-refractivity contribution in [1.82, 2.24) is 4.98 Å². The number of Topliss-reactive ketones (excluding diaryl/α,β-unsaturated/α-hetero) is 1. The summed E-state index contributed by atoms with van der Waals surface area (Å²) >= 11 is 0. The number of nitrogens with zero attached hydrogens (tertiary/aromatic N) is 1. The van der Waals surface area contributed by atoms with Gasteiger partial charge in [-0.1, -0.05) is 50.1 Å². The lowest BCUT2D eigenvalue weighted by Gasteiger charge is -2.25. The normalized spacial score (nSPS) is 17.0. The summed E-state index contributed by atoms with van der Waals surface area (Å²) in [7, 11) is 0. The predicted octanol–water partition coefficient (Wildman–Crippen LogP) is 6.67. The van der Waals surface area contributed by atoms with Crippen molar-refractivity contribution in [2.75, 3.05) is 11.5 Å². The number of nitrogens with one attached hydrogen (secondary N) is 1. The molecule has 0 saturated carbocycles. The number of anilines is 1. The zero-order chi connectivity index (χ0) is 25.9. The Hall–Kier alpha value is -4.32. The van der Waals surface area contributed by atoms with Gasteiger partial charge in [0.2, 0.25) is 0 Å². The maximum atomic E-state index is 13.5. The number of aliphatic hydroxyl groups is 1. The van der Waals surface area contributed by atoms with Gasteiger partial charge in [0.05, 0.1) is 18.2 Å². The molecular formula is C31H30N2O4. The highest BCUT2D eigenvalue weighted by Gasteiger charge is 2.47. The zero-order valence-corrected chi connectivity index (χ0v) is 21.0. The average Bonchev–Trinajstić information content (AvgIpc) is 3.45. The largest absolute Gasteiger partial charge is 0.507 e. The lowest BCUT2D eigenvalue weighted by molar-refractivity contribution is -0.132. The molecule has 2 heterocycles. The minimum atomic E-state index is -0.789. The molecule has 0 spiro atoms. The molecule has 1 atom stereocenters. The van der Waals surface area contributed by atoms with Crippen LogP contribution in [0.1, 0.15) is 48.9 Å². The number of H-pyrrole nitrogens is 1. The van der Waals surface area contributed by atoms with Gasteiger partial charge in [0, 0.05) is 33.9 Å². The summed E-state index contributed by atoms with van der Waals surface area (Å²) in [5.41, 5.74) is 3.71. The van der Waals surface area contributed by atoms with Gasteiger partial charge in [-0.05, 0) is 61.4 Å². The van der Waals surface area contributed by atoms with Crippen LogP contribution in [-0.4, -0.2) is 28.4 Å². The fourth-order valence-corrected chi connectivity index (χ4v) is 4.90. The van der Waals surface area contributed by atoms with Crippen molar-refractivity contribution in [3.63, 3.8) is 0 Å². The smallest absolute Gasteiger partial charge is 0.300 e. The van der Waals surface area contributed by atoms with Gasteiger partial charge < -0.3 is 14.8 Å². The molecule has 0 bridgehead atoms. The van der Waals surface area contributed by atoms with Crippen LogP contribution in [-0.2, 0) is 9.59 Å². The molecule has 1 aliphatic rings. The first-order valence-corrected chi connectivity index (χ1v) is 12.7. The number of aryl methyl sites for hydroxylation is 1. The molecule has 1 aliphatic heterocycles. The Kier molecular flexibility index (Phi) is 6.82. The number of benzene rings is 3. The van der Waals surface area contributed by atoms with E-state index in [0.29, 0.717) is 23.6 Å². The highest BCUT2D eigenvalue weighted by molar-refractivity contribution is 6.51. The van der Waals surface area contributed by atoms with E-state index in [1.807, 2.05) is 61.7 Å². The molecule has 1 unspecified atom stereocenters. The van der Waals surface area contributed by atoms with Crippen LogP contribution >= 0.6 is 0 Å². The van der Waals surface area contributed by atoms with Gasteiger partial charge in [-0.25, -0.2) is 0 Å². The zero-order valence-electron chi connectivity index (χ0n) is 21.0. The summed E-state index contributed by atoms with van der Waals surface area (Å²) < 4.78 is 5.79. The monoisotopic (exact) mass is 494 g/mol. The number of aromatic amines is 1. The molecule has 3 aromatic carbocycles. The standard InChI is InChI=1S/C31H30N2O4/c1-3-4-7-17-37-23-15-13-21(14-16-23)29(34)27-28(25-19-32-26-12-6-5-11-24(25)26)33(31(36)30(27)35)22-10-8-9-20(2)18-22/h5-6,8-16,18-19,28,32,34H,3-4,7,17H2,1-2H3/b29-27+. The SMILES string of the molecule is CCCCCOc1ccc(/C(O)=C2\C(=O)C(=O)N(c3cccc(C)c3)C2c2c[nH]c3ccccc23)cc1. The van der Waals surface area contributed by atoms with Crippen LogP contribution in [0.15, 0.2) is 84.6 Å². The molecule has 0 aliphatic carbocycles. The van der Waals surface area contributed by atoms with Crippen LogP contribution in [0.2, 0.25) is 0 Å². The fourth-order valence-electron chi connectivity index (χ4n) is 4.90. The van der Waals surface area contributed by atoms with E-state index >= 15 is 0 Å². The highest BCUT2D eigenvalue weighted by atomic mass is 16.5. The summed E-state index contributed by atoms with van der Waals surface area (Å²) in [6.45, 7) is 4.71. The van der Waals surface area contributed by atoms with Crippen LogP contribution in [0.25, 0.3) is 16.7 Å². The first-order valence-electron chi connectivity index (χ1n) is 12.7. The number of carbonyl (C=O) groups excluding carboxylic acids is 2. The second-order valence-corrected chi connectivity index (χ2v) is 9.38. The molecule has 1 fully saturated rings. The maximum Gasteiger partial charge on any atom is 0.300 e.